The molecule has 0 heterocycles. The lowest BCUT2D eigenvalue weighted by Crippen LogP contribution is -2.29. The molecule has 1 rings (SSSR count). The van der Waals surface area contributed by atoms with Gasteiger partial charge in [0.15, 0.2) is 5.79 Å². The second-order valence-corrected chi connectivity index (χ2v) is 2.71. The SMILES string of the molecule is OCC1=CCC(O)(O)CC1. The molecule has 10 heavy (non-hydrogen) atoms. The second kappa shape index (κ2) is 2.70. The zero-order valence-electron chi connectivity index (χ0n) is 5.75. The van der Waals surface area contributed by atoms with E-state index in [1.165, 1.54) is 0 Å². The van der Waals surface area contributed by atoms with E-state index in [9.17, 15) is 0 Å². The van der Waals surface area contributed by atoms with Gasteiger partial charge in [0.1, 0.15) is 0 Å². The average Bonchev–Trinajstić information content (AvgIpc) is 1.88. The fourth-order valence-electron chi connectivity index (χ4n) is 1.02. The molecule has 0 aromatic rings. The lowest BCUT2D eigenvalue weighted by Gasteiger charge is -2.24. The topological polar surface area (TPSA) is 60.7 Å². The summed E-state index contributed by atoms with van der Waals surface area (Å²) >= 11 is 0. The predicted octanol–water partition coefficient (Wildman–Crippen LogP) is -0.230. The van der Waals surface area contributed by atoms with E-state index < -0.39 is 5.79 Å². The highest BCUT2D eigenvalue weighted by Gasteiger charge is 2.24. The van der Waals surface area contributed by atoms with Crippen molar-refractivity contribution in [3.8, 4) is 0 Å². The van der Waals surface area contributed by atoms with Crippen LogP contribution >= 0.6 is 0 Å². The van der Waals surface area contributed by atoms with Gasteiger partial charge in [0, 0.05) is 12.8 Å². The molecule has 1 aliphatic rings. The zero-order valence-corrected chi connectivity index (χ0v) is 5.75. The third kappa shape index (κ3) is 1.80. The standard InChI is InChI=1S/C7H12O3/c8-5-6-1-3-7(9,10)4-2-6/h1,8-10H,2-5H2. The molecule has 0 radical (unpaired) electrons. The largest absolute Gasteiger partial charge is 0.392 e. The minimum Gasteiger partial charge on any atom is -0.392 e. The van der Waals surface area contributed by atoms with Crippen LogP contribution in [0.15, 0.2) is 11.6 Å². The molecular weight excluding hydrogens is 132 g/mol. The van der Waals surface area contributed by atoms with E-state index in [1.54, 1.807) is 6.08 Å². The van der Waals surface area contributed by atoms with E-state index in [0.29, 0.717) is 12.8 Å². The highest BCUT2D eigenvalue weighted by Crippen LogP contribution is 2.24. The lowest BCUT2D eigenvalue weighted by molar-refractivity contribution is -0.164. The summed E-state index contributed by atoms with van der Waals surface area (Å²) < 4.78 is 0. The monoisotopic (exact) mass is 144 g/mol. The third-order valence-corrected chi connectivity index (χ3v) is 1.77. The van der Waals surface area contributed by atoms with Crippen molar-refractivity contribution in [2.75, 3.05) is 6.61 Å². The molecule has 3 N–H and O–H groups in total. The first-order valence-electron chi connectivity index (χ1n) is 3.37. The molecule has 0 aromatic carbocycles. The van der Waals surface area contributed by atoms with Crippen LogP contribution in [0.1, 0.15) is 19.3 Å². The summed E-state index contributed by atoms with van der Waals surface area (Å²) in [5, 5.41) is 26.7. The van der Waals surface area contributed by atoms with E-state index >= 15 is 0 Å². The van der Waals surface area contributed by atoms with Crippen molar-refractivity contribution in [3.63, 3.8) is 0 Å². The van der Waals surface area contributed by atoms with Crippen molar-refractivity contribution in [1.82, 2.24) is 0 Å². The lowest BCUT2D eigenvalue weighted by atomic mass is 9.95. The van der Waals surface area contributed by atoms with Crippen LogP contribution in [0.4, 0.5) is 0 Å². The molecule has 3 heteroatoms. The van der Waals surface area contributed by atoms with Crippen LogP contribution in [-0.2, 0) is 0 Å². The van der Waals surface area contributed by atoms with Gasteiger partial charge in [-0.05, 0) is 12.0 Å². The van der Waals surface area contributed by atoms with Gasteiger partial charge in [-0.1, -0.05) is 6.08 Å². The Balaban J connectivity index is 2.52. The van der Waals surface area contributed by atoms with Gasteiger partial charge in [-0.2, -0.15) is 0 Å². The van der Waals surface area contributed by atoms with Gasteiger partial charge in [0.2, 0.25) is 0 Å². The molecule has 0 amide bonds. The number of rotatable bonds is 1. The molecule has 1 aliphatic carbocycles. The summed E-state index contributed by atoms with van der Waals surface area (Å²) in [6, 6.07) is 0. The van der Waals surface area contributed by atoms with Crippen LogP contribution in [0.25, 0.3) is 0 Å². The minimum absolute atomic E-state index is 0.0378. The van der Waals surface area contributed by atoms with Gasteiger partial charge >= 0.3 is 0 Å². The molecule has 0 atom stereocenters. The normalized spacial score (nSPS) is 24.1. The molecule has 0 bridgehead atoms. The van der Waals surface area contributed by atoms with Crippen LogP contribution in [0.3, 0.4) is 0 Å². The first kappa shape index (κ1) is 7.72. The molecule has 0 aliphatic heterocycles. The van der Waals surface area contributed by atoms with Gasteiger partial charge in [0.05, 0.1) is 6.61 Å². The van der Waals surface area contributed by atoms with Gasteiger partial charge in [-0.3, -0.25) is 0 Å². The van der Waals surface area contributed by atoms with Gasteiger partial charge in [0.25, 0.3) is 0 Å². The maximum absolute atomic E-state index is 9.02. The van der Waals surface area contributed by atoms with E-state index in [4.69, 9.17) is 15.3 Å². The Morgan fingerprint density at radius 1 is 1.50 bits per heavy atom. The van der Waals surface area contributed by atoms with E-state index in [-0.39, 0.29) is 13.0 Å². The van der Waals surface area contributed by atoms with Gasteiger partial charge in [-0.25, -0.2) is 0 Å². The Bertz CT molecular complexity index is 149. The molecular formula is C7H12O3. The molecule has 0 unspecified atom stereocenters. The summed E-state index contributed by atoms with van der Waals surface area (Å²) in [6.45, 7) is 0.0378. The maximum atomic E-state index is 9.02. The van der Waals surface area contributed by atoms with Crippen molar-refractivity contribution in [3.05, 3.63) is 11.6 Å². The smallest absolute Gasteiger partial charge is 0.166 e. The first-order valence-corrected chi connectivity index (χ1v) is 3.37. The zero-order chi connectivity index (χ0) is 7.61. The number of aliphatic hydroxyl groups is 3. The van der Waals surface area contributed by atoms with Crippen LogP contribution in [0.2, 0.25) is 0 Å². The van der Waals surface area contributed by atoms with Crippen molar-refractivity contribution >= 4 is 0 Å². The summed E-state index contributed by atoms with van der Waals surface area (Å²) in [4.78, 5) is 0. The summed E-state index contributed by atoms with van der Waals surface area (Å²) in [6.07, 6.45) is 2.84. The summed E-state index contributed by atoms with van der Waals surface area (Å²) in [5.74, 6) is -1.53. The minimum atomic E-state index is -1.53. The first-order chi connectivity index (χ1) is 4.64. The molecule has 0 fully saturated rings. The Morgan fingerprint density at radius 3 is 2.60 bits per heavy atom. The molecule has 0 spiro atoms. The Morgan fingerprint density at radius 2 is 2.20 bits per heavy atom. The number of hydrogen-bond donors (Lipinski definition) is 3. The predicted molar refractivity (Wildman–Crippen MR) is 36.2 cm³/mol. The molecule has 3 nitrogen and oxygen atoms in total. The van der Waals surface area contributed by atoms with Crippen LogP contribution < -0.4 is 0 Å². The molecule has 58 valence electrons. The number of aliphatic hydroxyl groups excluding tert-OH is 1. The van der Waals surface area contributed by atoms with Gasteiger partial charge < -0.3 is 15.3 Å². The van der Waals surface area contributed by atoms with E-state index in [0.717, 1.165) is 5.57 Å². The van der Waals surface area contributed by atoms with Crippen molar-refractivity contribution in [2.24, 2.45) is 0 Å². The maximum Gasteiger partial charge on any atom is 0.166 e. The van der Waals surface area contributed by atoms with E-state index in [1.807, 2.05) is 0 Å². The Labute approximate surface area is 59.6 Å². The summed E-state index contributed by atoms with van der Waals surface area (Å²) in [7, 11) is 0. The fourth-order valence-corrected chi connectivity index (χ4v) is 1.02. The van der Waals surface area contributed by atoms with Crippen LogP contribution in [0.5, 0.6) is 0 Å². The molecule has 0 saturated heterocycles. The highest BCUT2D eigenvalue weighted by molar-refractivity contribution is 5.08. The van der Waals surface area contributed by atoms with Crippen molar-refractivity contribution < 1.29 is 15.3 Å². The summed E-state index contributed by atoms with van der Waals surface area (Å²) in [5.41, 5.74) is 0.902. The Kier molecular flexibility index (Phi) is 2.08. The highest BCUT2D eigenvalue weighted by atomic mass is 16.5. The Hall–Kier alpha value is -0.380. The molecule has 0 saturated carbocycles. The van der Waals surface area contributed by atoms with Crippen molar-refractivity contribution in [2.45, 2.75) is 25.0 Å². The fraction of sp³-hybridized carbons (Fsp3) is 0.714. The third-order valence-electron chi connectivity index (χ3n) is 1.77. The second-order valence-electron chi connectivity index (χ2n) is 2.71. The average molecular weight is 144 g/mol. The number of hydrogen-bond acceptors (Lipinski definition) is 3. The molecule has 0 aromatic heterocycles. The van der Waals surface area contributed by atoms with Crippen molar-refractivity contribution in [1.29, 1.82) is 0 Å². The quantitative estimate of drug-likeness (QED) is 0.352. The van der Waals surface area contributed by atoms with Gasteiger partial charge in [-0.15, -0.1) is 0 Å². The van der Waals surface area contributed by atoms with E-state index in [2.05, 4.69) is 0 Å². The van der Waals surface area contributed by atoms with Crippen LogP contribution in [-0.4, -0.2) is 27.7 Å². The van der Waals surface area contributed by atoms with Crippen LogP contribution in [0, 0.1) is 0 Å².